The Kier molecular flexibility index (Phi) is 7.32. The van der Waals surface area contributed by atoms with Crippen LogP contribution in [-0.4, -0.2) is 38.0 Å². The van der Waals surface area contributed by atoms with E-state index in [1.807, 2.05) is 45.2 Å². The van der Waals surface area contributed by atoms with Gasteiger partial charge in [-0.25, -0.2) is 9.78 Å². The van der Waals surface area contributed by atoms with Gasteiger partial charge in [-0.3, -0.25) is 9.67 Å². The molecule has 4 rings (SSSR count). The summed E-state index contributed by atoms with van der Waals surface area (Å²) in [4.78, 5) is 21.1. The summed E-state index contributed by atoms with van der Waals surface area (Å²) in [5.74, 6) is 0.542. The number of halogens is 1. The molecule has 0 spiro atoms. The lowest BCUT2D eigenvalue weighted by Crippen LogP contribution is -2.32. The van der Waals surface area contributed by atoms with Gasteiger partial charge >= 0.3 is 6.09 Å². The van der Waals surface area contributed by atoms with Gasteiger partial charge in [-0.2, -0.15) is 5.10 Å². The monoisotopic (exact) mass is 513 g/mol. The van der Waals surface area contributed by atoms with Crippen molar-refractivity contribution in [2.75, 3.05) is 6.54 Å². The minimum absolute atomic E-state index is 0.344. The van der Waals surface area contributed by atoms with Gasteiger partial charge in [0, 0.05) is 35.2 Å². The van der Waals surface area contributed by atoms with E-state index < -0.39 is 5.60 Å². The highest BCUT2D eigenvalue weighted by Crippen LogP contribution is 2.43. The van der Waals surface area contributed by atoms with Crippen molar-refractivity contribution in [2.24, 2.45) is 0 Å². The molecule has 1 saturated carbocycles. The molecule has 0 atom stereocenters. The number of amides is 1. The Morgan fingerprint density at radius 2 is 1.97 bits per heavy atom. The van der Waals surface area contributed by atoms with Crippen LogP contribution >= 0.6 is 15.9 Å². The first-order valence-electron chi connectivity index (χ1n) is 11.8. The summed E-state index contributed by atoms with van der Waals surface area (Å²) in [6, 6.07) is 5.97. The third kappa shape index (κ3) is 6.76. The van der Waals surface area contributed by atoms with Crippen molar-refractivity contribution in [3.63, 3.8) is 0 Å². The molecule has 0 unspecified atom stereocenters. The number of alkyl carbamates (subject to hydrolysis) is 1. The molecule has 1 N–H and O–H groups in total. The lowest BCUT2D eigenvalue weighted by Gasteiger charge is -2.19. The van der Waals surface area contributed by atoms with E-state index >= 15 is 0 Å². The van der Waals surface area contributed by atoms with Gasteiger partial charge in [-0.1, -0.05) is 28.8 Å². The van der Waals surface area contributed by atoms with E-state index in [0.29, 0.717) is 12.5 Å². The smallest absolute Gasteiger partial charge is 0.407 e. The third-order valence-corrected chi connectivity index (χ3v) is 6.01. The molecule has 1 amide bonds. The first kappa shape index (κ1) is 23.7. The number of aryl methyl sites for hydroxylation is 1. The van der Waals surface area contributed by atoms with E-state index in [4.69, 9.17) is 14.8 Å². The predicted molar refractivity (Wildman–Crippen MR) is 133 cm³/mol. The van der Waals surface area contributed by atoms with E-state index in [9.17, 15) is 4.79 Å². The molecular formula is C25H32BrN5O2. The lowest BCUT2D eigenvalue weighted by atomic mass is 10.1. The number of aromatic nitrogens is 4. The quantitative estimate of drug-likeness (QED) is 0.343. The Morgan fingerprint density at radius 3 is 2.73 bits per heavy atom. The van der Waals surface area contributed by atoms with Gasteiger partial charge in [0.25, 0.3) is 0 Å². The Hall–Kier alpha value is -2.48. The Bertz CT molecular complexity index is 1120. The number of carbonyl (C=O) groups excluding carboxylic acids is 1. The normalized spacial score (nSPS) is 13.9. The topological polar surface area (TPSA) is 81.9 Å². The van der Waals surface area contributed by atoms with Crippen molar-refractivity contribution < 1.29 is 9.53 Å². The molecule has 8 heteroatoms. The average molecular weight is 514 g/mol. The molecule has 7 nitrogen and oxygen atoms in total. The third-order valence-electron chi connectivity index (χ3n) is 5.52. The van der Waals surface area contributed by atoms with Crippen LogP contribution in [0.15, 0.2) is 35.1 Å². The highest BCUT2D eigenvalue weighted by Gasteiger charge is 2.30. The second kappa shape index (κ2) is 10.2. The summed E-state index contributed by atoms with van der Waals surface area (Å²) in [6.45, 7) is 7.13. The number of benzene rings is 1. The van der Waals surface area contributed by atoms with Crippen molar-refractivity contribution in [3.05, 3.63) is 40.8 Å². The van der Waals surface area contributed by atoms with Crippen LogP contribution in [0, 0.1) is 0 Å². The fourth-order valence-electron chi connectivity index (χ4n) is 3.78. The van der Waals surface area contributed by atoms with E-state index in [2.05, 4.69) is 37.1 Å². The van der Waals surface area contributed by atoms with Crippen molar-refractivity contribution in [1.82, 2.24) is 25.1 Å². The molecule has 0 bridgehead atoms. The van der Waals surface area contributed by atoms with Gasteiger partial charge in [-0.05, 0) is 64.7 Å². The maximum Gasteiger partial charge on any atom is 0.407 e. The largest absolute Gasteiger partial charge is 0.444 e. The minimum Gasteiger partial charge on any atom is -0.444 e. The van der Waals surface area contributed by atoms with Gasteiger partial charge in [-0.15, -0.1) is 0 Å². The fourth-order valence-corrected chi connectivity index (χ4v) is 4.13. The van der Waals surface area contributed by atoms with Crippen molar-refractivity contribution in [1.29, 1.82) is 0 Å². The van der Waals surface area contributed by atoms with Crippen LogP contribution in [0.2, 0.25) is 0 Å². The number of unbranched alkanes of at least 4 members (excludes halogenated alkanes) is 3. The summed E-state index contributed by atoms with van der Waals surface area (Å²) >= 11 is 3.52. The number of hydrogen-bond donors (Lipinski definition) is 1. The molecule has 0 aliphatic heterocycles. The zero-order valence-corrected chi connectivity index (χ0v) is 21.2. The highest BCUT2D eigenvalue weighted by molar-refractivity contribution is 9.10. The van der Waals surface area contributed by atoms with Gasteiger partial charge in [0.05, 0.1) is 28.6 Å². The zero-order chi connectivity index (χ0) is 23.4. The zero-order valence-electron chi connectivity index (χ0n) is 19.6. The molecule has 2 aromatic heterocycles. The van der Waals surface area contributed by atoms with Gasteiger partial charge in [0.15, 0.2) is 0 Å². The van der Waals surface area contributed by atoms with E-state index in [1.165, 1.54) is 12.8 Å². The van der Waals surface area contributed by atoms with E-state index in [-0.39, 0.29) is 6.09 Å². The van der Waals surface area contributed by atoms with Gasteiger partial charge in [0.2, 0.25) is 0 Å². The number of rotatable bonds is 9. The fraction of sp³-hybridized carbons (Fsp3) is 0.520. The number of carbonyl (C=O) groups is 1. The molecule has 0 saturated heterocycles. The van der Waals surface area contributed by atoms with Crippen LogP contribution < -0.4 is 5.32 Å². The summed E-state index contributed by atoms with van der Waals surface area (Å²) < 4.78 is 8.32. The molecule has 1 aromatic carbocycles. The van der Waals surface area contributed by atoms with E-state index in [0.717, 1.165) is 64.7 Å². The van der Waals surface area contributed by atoms with E-state index in [1.54, 1.807) is 0 Å². The molecule has 33 heavy (non-hydrogen) atoms. The number of nitrogens with zero attached hydrogens (tertiary/aromatic N) is 4. The summed E-state index contributed by atoms with van der Waals surface area (Å²) in [5.41, 5.74) is 4.47. The minimum atomic E-state index is -0.457. The number of nitrogens with one attached hydrogen (secondary N) is 1. The SMILES string of the molecule is CC(C)(C)OC(=O)NCCCCCCn1cc(-c2cnc3ccc(Br)cc3n2)c(C2CC2)n1. The highest BCUT2D eigenvalue weighted by atomic mass is 79.9. The maximum atomic E-state index is 11.7. The second-order valence-corrected chi connectivity index (χ2v) is 10.6. The van der Waals surface area contributed by atoms with Gasteiger partial charge in [0.1, 0.15) is 5.60 Å². The first-order valence-corrected chi connectivity index (χ1v) is 12.5. The Morgan fingerprint density at radius 1 is 1.18 bits per heavy atom. The first-order chi connectivity index (χ1) is 15.8. The molecule has 176 valence electrons. The van der Waals surface area contributed by atoms with Crippen LogP contribution in [0.1, 0.15) is 70.9 Å². The van der Waals surface area contributed by atoms with Crippen LogP contribution in [-0.2, 0) is 11.3 Å². The summed E-state index contributed by atoms with van der Waals surface area (Å²) in [7, 11) is 0. The lowest BCUT2D eigenvalue weighted by molar-refractivity contribution is 0.0527. The summed E-state index contributed by atoms with van der Waals surface area (Å²) in [5, 5.41) is 7.72. The number of hydrogen-bond acceptors (Lipinski definition) is 5. The van der Waals surface area contributed by atoms with Crippen LogP contribution in [0.3, 0.4) is 0 Å². The van der Waals surface area contributed by atoms with Crippen LogP contribution in [0.4, 0.5) is 4.79 Å². The van der Waals surface area contributed by atoms with Crippen molar-refractivity contribution >= 4 is 33.1 Å². The molecule has 1 aliphatic carbocycles. The van der Waals surface area contributed by atoms with Crippen LogP contribution in [0.25, 0.3) is 22.3 Å². The molecular weight excluding hydrogens is 482 g/mol. The number of ether oxygens (including phenoxy) is 1. The van der Waals surface area contributed by atoms with Crippen LogP contribution in [0.5, 0.6) is 0 Å². The average Bonchev–Trinajstić information content (AvgIpc) is 3.51. The Labute approximate surface area is 203 Å². The van der Waals surface area contributed by atoms with Crippen molar-refractivity contribution in [2.45, 2.75) is 77.4 Å². The number of fused-ring (bicyclic) bond motifs is 1. The van der Waals surface area contributed by atoms with Crippen molar-refractivity contribution in [3.8, 4) is 11.3 Å². The molecule has 0 radical (unpaired) electrons. The molecule has 1 aliphatic rings. The maximum absolute atomic E-state index is 11.7. The molecule has 1 fully saturated rings. The second-order valence-electron chi connectivity index (χ2n) is 9.70. The Balaban J connectivity index is 1.29. The standard InChI is InChI=1S/C25H32BrN5O2/c1-25(2,3)33-24(32)27-12-6-4-5-7-13-31-16-19(23(30-31)17-8-9-17)22-15-28-20-11-10-18(26)14-21(20)29-22/h10-11,14-17H,4-9,12-13H2,1-3H3,(H,27,32). The van der Waals surface area contributed by atoms with Gasteiger partial charge < -0.3 is 10.1 Å². The molecule has 2 heterocycles. The summed E-state index contributed by atoms with van der Waals surface area (Å²) in [6.07, 6.45) is 10.2. The molecule has 3 aromatic rings. The predicted octanol–water partition coefficient (Wildman–Crippen LogP) is 6.22.